The molecule has 12 atom stereocenters. The van der Waals surface area contributed by atoms with E-state index in [0.29, 0.717) is 31.4 Å². The Morgan fingerprint density at radius 1 is 0.381 bits per heavy atom. The van der Waals surface area contributed by atoms with Crippen molar-refractivity contribution in [1.29, 1.82) is 0 Å². The van der Waals surface area contributed by atoms with Crippen molar-refractivity contribution in [1.82, 2.24) is 63.8 Å². The first kappa shape index (κ1) is 90.2. The average molecular weight is 1480 g/mol. The van der Waals surface area contributed by atoms with Crippen LogP contribution in [0.4, 0.5) is 0 Å². The molecule has 0 saturated heterocycles. The molecular weight excluding hydrogens is 1370 g/mol. The van der Waals surface area contributed by atoms with Gasteiger partial charge in [-0.05, 0) is 128 Å². The molecule has 0 fully saturated rings. The first-order valence-corrected chi connectivity index (χ1v) is 34.4. The Hall–Kier alpha value is -10.8. The fourth-order valence-electron chi connectivity index (χ4n) is 9.97. The van der Waals surface area contributed by atoms with E-state index < -0.39 is 169 Å². The summed E-state index contributed by atoms with van der Waals surface area (Å²) in [6, 6.07) is 1.74. The van der Waals surface area contributed by atoms with Gasteiger partial charge < -0.3 is 131 Å². The van der Waals surface area contributed by atoms with Crippen molar-refractivity contribution in [2.24, 2.45) is 72.3 Å². The van der Waals surface area contributed by atoms with Gasteiger partial charge in [0.25, 0.3) is 0 Å². The quantitative estimate of drug-likeness (QED) is 0.0166. The standard InChI is InChI=1S/C65H109N25O15/c1-36(81-49(93)33-80-62(105)51(38(3)92)90-60(103)47(32-40-19-8-5-9-20-40)88-56(99)43(23-14-28-76-63(70)71)83-50(94)34-79-55(98)41(68)31-39-17-6-4-7-18-39)53(96)85-46(25-16-30-78-65(74)75)58(101)87-44(22-11-13-27-67)59(102)89-48(35-91)61(104)82-37(2)54(97)86-45(24-15-29-77-64(72)73)57(100)84-42(52(69)95)21-10-12-26-66/h4-9,17-20,36-38,41-48,51,91-92H,10-16,21-35,66-68H2,1-3H3,(H2,69,95)(H,79,98)(H,80,105)(H,81,93)(H,82,104)(H,83,94)(H,84,100)(H,85,96)(H,86,97)(H,87,101)(H,88,99)(H,89,102)(H,90,103)(H4,70,71,76)(H4,72,73,77)(H4,74,75,78)/t36-,37-,38+,41-,42-,43-,44-,45-,46-,47-,48+,51-/m0/s1. The summed E-state index contributed by atoms with van der Waals surface area (Å²) < 4.78 is 0. The number of aliphatic hydroxyl groups is 2. The second-order valence-electron chi connectivity index (χ2n) is 24.7. The Bertz CT molecular complexity index is 3230. The molecule has 0 radical (unpaired) electrons. The lowest BCUT2D eigenvalue weighted by molar-refractivity contribution is -0.136. The van der Waals surface area contributed by atoms with E-state index in [1.165, 1.54) is 13.8 Å². The molecular formula is C65H109N25O15. The summed E-state index contributed by atoms with van der Waals surface area (Å²) in [5.74, 6) is -12.6. The third kappa shape index (κ3) is 37.3. The van der Waals surface area contributed by atoms with Crippen LogP contribution in [-0.2, 0) is 75.2 Å². The van der Waals surface area contributed by atoms with Crippen LogP contribution < -0.4 is 121 Å². The molecule has 2 rings (SSSR count). The molecule has 105 heavy (non-hydrogen) atoms. The van der Waals surface area contributed by atoms with Gasteiger partial charge in [-0.3, -0.25) is 77.3 Å². The van der Waals surface area contributed by atoms with Crippen molar-refractivity contribution in [3.63, 3.8) is 0 Å². The lowest BCUT2D eigenvalue weighted by atomic mass is 10.0. The monoisotopic (exact) mass is 1480 g/mol. The number of nitrogens with two attached hydrogens (primary N) is 10. The molecule has 0 saturated carbocycles. The Morgan fingerprint density at radius 3 is 1.14 bits per heavy atom. The van der Waals surface area contributed by atoms with Crippen LogP contribution in [-0.4, -0.2) is 230 Å². The van der Waals surface area contributed by atoms with Gasteiger partial charge in [0.1, 0.15) is 60.4 Å². The van der Waals surface area contributed by atoms with Crippen LogP contribution in [0.3, 0.4) is 0 Å². The van der Waals surface area contributed by atoms with Gasteiger partial charge in [-0.15, -0.1) is 0 Å². The highest BCUT2D eigenvalue weighted by atomic mass is 16.3. The number of aliphatic imine (C=N–C) groups is 3. The molecule has 40 nitrogen and oxygen atoms in total. The number of carbonyl (C=O) groups is 13. The fraction of sp³-hybridized carbons (Fsp3) is 0.569. The third-order valence-corrected chi connectivity index (χ3v) is 15.7. The lowest BCUT2D eigenvalue weighted by Crippen LogP contribution is -2.60. The number of rotatable bonds is 51. The number of nitrogens with zero attached hydrogens (tertiary/aromatic N) is 3. The topological polar surface area (TPSA) is 704 Å². The maximum atomic E-state index is 14.2. The minimum atomic E-state index is -1.77. The summed E-state index contributed by atoms with van der Waals surface area (Å²) in [6.45, 7) is 1.76. The second kappa shape index (κ2) is 49.7. The van der Waals surface area contributed by atoms with E-state index in [0.717, 1.165) is 12.5 Å². The van der Waals surface area contributed by atoms with E-state index in [-0.39, 0.29) is 115 Å². The molecule has 2 aromatic carbocycles. The predicted molar refractivity (Wildman–Crippen MR) is 388 cm³/mol. The van der Waals surface area contributed by atoms with Crippen LogP contribution in [0.2, 0.25) is 0 Å². The van der Waals surface area contributed by atoms with E-state index in [9.17, 15) is 72.5 Å². The molecule has 0 aromatic heterocycles. The van der Waals surface area contributed by atoms with Crippen LogP contribution in [0.25, 0.3) is 0 Å². The van der Waals surface area contributed by atoms with Crippen molar-refractivity contribution < 1.29 is 72.5 Å². The molecule has 0 bridgehead atoms. The number of aliphatic hydroxyl groups excluding tert-OH is 2. The van der Waals surface area contributed by atoms with Gasteiger partial charge in [-0.2, -0.15) is 0 Å². The third-order valence-electron chi connectivity index (χ3n) is 15.7. The van der Waals surface area contributed by atoms with Crippen molar-refractivity contribution in [2.75, 3.05) is 52.4 Å². The van der Waals surface area contributed by atoms with Gasteiger partial charge in [-0.1, -0.05) is 60.7 Å². The predicted octanol–water partition coefficient (Wildman–Crippen LogP) is -9.80. The Labute approximate surface area is 608 Å². The zero-order chi connectivity index (χ0) is 78.6. The Kier molecular flexibility index (Phi) is 42.7. The molecule has 584 valence electrons. The van der Waals surface area contributed by atoms with Crippen molar-refractivity contribution in [3.05, 3.63) is 71.8 Å². The summed E-state index contributed by atoms with van der Waals surface area (Å²) >= 11 is 0. The van der Waals surface area contributed by atoms with Gasteiger partial charge in [0.2, 0.25) is 76.8 Å². The van der Waals surface area contributed by atoms with E-state index in [1.807, 2.05) is 0 Å². The summed E-state index contributed by atoms with van der Waals surface area (Å²) in [5.41, 5.74) is 57.1. The number of carbonyl (C=O) groups excluding carboxylic acids is 13. The molecule has 2 aromatic rings. The number of unbranched alkanes of at least 4 members (excludes halogenated alkanes) is 2. The van der Waals surface area contributed by atoms with Crippen LogP contribution in [0.1, 0.15) is 109 Å². The zero-order valence-electron chi connectivity index (χ0n) is 59.6. The van der Waals surface area contributed by atoms with E-state index >= 15 is 0 Å². The molecule has 34 N–H and O–H groups in total. The van der Waals surface area contributed by atoms with Crippen LogP contribution in [0.15, 0.2) is 75.6 Å². The van der Waals surface area contributed by atoms with Gasteiger partial charge in [0.05, 0.1) is 31.8 Å². The number of amides is 13. The molecule has 0 spiro atoms. The number of primary amides is 1. The summed E-state index contributed by atoms with van der Waals surface area (Å²) in [6.07, 6.45) is 0.111. The second-order valence-corrected chi connectivity index (χ2v) is 24.7. The van der Waals surface area contributed by atoms with E-state index in [2.05, 4.69) is 78.8 Å². The molecule has 0 aliphatic carbocycles. The number of hydrogen-bond donors (Lipinski definition) is 24. The zero-order valence-corrected chi connectivity index (χ0v) is 59.6. The highest BCUT2D eigenvalue weighted by Gasteiger charge is 2.35. The normalized spacial score (nSPS) is 14.3. The highest BCUT2D eigenvalue weighted by Crippen LogP contribution is 2.11. The number of benzene rings is 2. The maximum absolute atomic E-state index is 14.2. The van der Waals surface area contributed by atoms with Gasteiger partial charge >= 0.3 is 0 Å². The molecule has 0 aliphatic heterocycles. The molecule has 40 heteroatoms. The largest absolute Gasteiger partial charge is 0.394 e. The number of guanidine groups is 3. The highest BCUT2D eigenvalue weighted by molar-refractivity contribution is 5.99. The van der Waals surface area contributed by atoms with Crippen LogP contribution in [0.5, 0.6) is 0 Å². The van der Waals surface area contributed by atoms with Gasteiger partial charge in [0.15, 0.2) is 17.9 Å². The van der Waals surface area contributed by atoms with Crippen molar-refractivity contribution in [3.8, 4) is 0 Å². The molecule has 0 unspecified atom stereocenters. The van der Waals surface area contributed by atoms with Gasteiger partial charge in [0, 0.05) is 26.1 Å². The summed E-state index contributed by atoms with van der Waals surface area (Å²) in [5, 5.41) is 50.7. The SMILES string of the molecule is C[C@H](NC(=O)CNC(=O)[C@@H](NC(=O)[C@H](Cc1ccccc1)NC(=O)[C@H](CCCN=C(N)N)NC(=O)CNC(=O)[C@@H](N)Cc1ccccc1)[C@@H](C)O)C(=O)N[C@@H](CCCN=C(N)N)C(=O)N[C@@H](CCCCN)C(=O)N[C@H](CO)C(=O)N[C@@H](C)C(=O)N[C@@H](CCCN=C(N)N)C(=O)N[C@@H](CCCCN)C(N)=O. The van der Waals surface area contributed by atoms with Crippen molar-refractivity contribution >= 4 is 94.7 Å². The minimum Gasteiger partial charge on any atom is -0.394 e. The van der Waals surface area contributed by atoms with Crippen molar-refractivity contribution in [2.45, 2.75) is 183 Å². The summed E-state index contributed by atoms with van der Waals surface area (Å²) in [7, 11) is 0. The molecule has 0 heterocycles. The Morgan fingerprint density at radius 2 is 0.724 bits per heavy atom. The molecule has 0 aliphatic rings. The molecule has 13 amide bonds. The van der Waals surface area contributed by atoms with E-state index in [4.69, 9.17) is 57.3 Å². The smallest absolute Gasteiger partial charge is 0.245 e. The van der Waals surface area contributed by atoms with Gasteiger partial charge in [-0.25, -0.2) is 0 Å². The average Bonchev–Trinajstić information content (AvgIpc) is 0.873. The van der Waals surface area contributed by atoms with E-state index in [1.54, 1.807) is 60.7 Å². The first-order chi connectivity index (χ1) is 49.8. The minimum absolute atomic E-state index is 0.0356. The van der Waals surface area contributed by atoms with Crippen LogP contribution >= 0.6 is 0 Å². The maximum Gasteiger partial charge on any atom is 0.245 e. The number of hydrogen-bond acceptors (Lipinski definition) is 21. The fourth-order valence-corrected chi connectivity index (χ4v) is 9.97. The Balaban J connectivity index is 2.27. The lowest BCUT2D eigenvalue weighted by Gasteiger charge is -2.27. The number of nitrogens with one attached hydrogen (secondary N) is 12. The van der Waals surface area contributed by atoms with Crippen LogP contribution in [0, 0.1) is 0 Å². The first-order valence-electron chi connectivity index (χ1n) is 34.4. The summed E-state index contributed by atoms with van der Waals surface area (Å²) in [4.78, 5) is 188.